The molecular formula is C29H32Cl2N2O2. The summed E-state index contributed by atoms with van der Waals surface area (Å²) in [4.78, 5) is 29.0. The summed E-state index contributed by atoms with van der Waals surface area (Å²) in [6.07, 6.45) is 1.29. The molecule has 1 N–H and O–H groups in total. The molecule has 0 saturated heterocycles. The minimum atomic E-state index is -0.675. The number of halogens is 2. The molecule has 6 heteroatoms. The number of amides is 2. The molecule has 0 radical (unpaired) electrons. The third-order valence-corrected chi connectivity index (χ3v) is 6.65. The minimum absolute atomic E-state index is 0.00223. The fraction of sp³-hybridized carbons (Fsp3) is 0.310. The van der Waals surface area contributed by atoms with Gasteiger partial charge >= 0.3 is 0 Å². The van der Waals surface area contributed by atoms with Crippen LogP contribution in [0.3, 0.4) is 0 Å². The summed E-state index contributed by atoms with van der Waals surface area (Å²) in [5.74, 6) is -0.331. The normalized spacial score (nSPS) is 12.6. The molecule has 35 heavy (non-hydrogen) atoms. The summed E-state index contributed by atoms with van der Waals surface area (Å²) in [6.45, 7) is 6.32. The van der Waals surface area contributed by atoms with Gasteiger partial charge in [-0.05, 0) is 49.1 Å². The van der Waals surface area contributed by atoms with E-state index in [1.165, 1.54) is 0 Å². The van der Waals surface area contributed by atoms with E-state index < -0.39 is 6.04 Å². The Morgan fingerprint density at radius 2 is 1.66 bits per heavy atom. The molecule has 2 atom stereocenters. The number of rotatable bonds is 10. The quantitative estimate of drug-likeness (QED) is 0.343. The maximum Gasteiger partial charge on any atom is 0.243 e. The summed E-state index contributed by atoms with van der Waals surface area (Å²) in [6, 6.07) is 22.2. The number of nitrogens with zero attached hydrogens (tertiary/aromatic N) is 1. The predicted molar refractivity (Wildman–Crippen MR) is 144 cm³/mol. The Hall–Kier alpha value is -2.82. The Kier molecular flexibility index (Phi) is 9.76. The average Bonchev–Trinajstić information content (AvgIpc) is 2.83. The Labute approximate surface area is 218 Å². The molecule has 0 aliphatic heterocycles. The second-order valence-corrected chi connectivity index (χ2v) is 9.79. The first-order chi connectivity index (χ1) is 16.8. The number of nitrogens with one attached hydrogen (secondary N) is 1. The van der Waals surface area contributed by atoms with Crippen molar-refractivity contribution in [1.82, 2.24) is 10.2 Å². The maximum atomic E-state index is 13.8. The van der Waals surface area contributed by atoms with E-state index in [4.69, 9.17) is 23.2 Å². The number of aryl methyl sites for hydroxylation is 1. The van der Waals surface area contributed by atoms with E-state index in [0.717, 1.165) is 23.1 Å². The minimum Gasteiger partial charge on any atom is -0.352 e. The number of benzene rings is 3. The first-order valence-corrected chi connectivity index (χ1v) is 12.7. The lowest BCUT2D eigenvalue weighted by Crippen LogP contribution is -2.52. The topological polar surface area (TPSA) is 49.4 Å². The predicted octanol–water partition coefficient (Wildman–Crippen LogP) is 6.40. The fourth-order valence-corrected chi connectivity index (χ4v) is 4.41. The van der Waals surface area contributed by atoms with E-state index in [1.54, 1.807) is 23.1 Å². The van der Waals surface area contributed by atoms with E-state index in [0.29, 0.717) is 28.6 Å². The van der Waals surface area contributed by atoms with Crippen LogP contribution in [0.1, 0.15) is 42.5 Å². The first-order valence-electron chi connectivity index (χ1n) is 11.9. The van der Waals surface area contributed by atoms with Crippen LogP contribution in [0.4, 0.5) is 0 Å². The van der Waals surface area contributed by atoms with E-state index in [2.05, 4.69) is 5.32 Å². The summed E-state index contributed by atoms with van der Waals surface area (Å²) in [7, 11) is 0. The van der Waals surface area contributed by atoms with Crippen molar-refractivity contribution in [2.75, 3.05) is 0 Å². The fourth-order valence-electron chi connectivity index (χ4n) is 3.93. The number of carbonyl (C=O) groups excluding carboxylic acids is 2. The van der Waals surface area contributed by atoms with Crippen molar-refractivity contribution in [3.63, 3.8) is 0 Å². The number of carbonyl (C=O) groups is 2. The van der Waals surface area contributed by atoms with Gasteiger partial charge in [0.1, 0.15) is 6.04 Å². The standard InChI is InChI=1S/C29H32Cl2N2O2/c1-4-21(3)32-29(35)27(16-22-10-6-5-7-11-22)33(19-23-12-8-9-20(2)15-23)28(34)17-24-13-14-25(30)18-26(24)31/h5-15,18,21,27H,4,16-17,19H2,1-3H3,(H,32,35)/t21-,27+/m1/s1. The van der Waals surface area contributed by atoms with Gasteiger partial charge in [-0.2, -0.15) is 0 Å². The molecule has 3 rings (SSSR count). The van der Waals surface area contributed by atoms with Crippen molar-refractivity contribution in [2.24, 2.45) is 0 Å². The molecule has 0 aliphatic rings. The van der Waals surface area contributed by atoms with E-state index >= 15 is 0 Å². The van der Waals surface area contributed by atoms with Crippen LogP contribution in [0.15, 0.2) is 72.8 Å². The van der Waals surface area contributed by atoms with Crippen molar-refractivity contribution in [3.05, 3.63) is 105 Å². The zero-order valence-corrected chi connectivity index (χ0v) is 21.9. The van der Waals surface area contributed by atoms with Crippen LogP contribution in [0.25, 0.3) is 0 Å². The summed E-state index contributed by atoms with van der Waals surface area (Å²) in [5.41, 5.74) is 3.73. The van der Waals surface area contributed by atoms with Gasteiger partial charge in [0.15, 0.2) is 0 Å². The molecule has 0 saturated carbocycles. The van der Waals surface area contributed by atoms with Gasteiger partial charge in [0.05, 0.1) is 6.42 Å². The lowest BCUT2D eigenvalue weighted by molar-refractivity contribution is -0.141. The maximum absolute atomic E-state index is 13.8. The molecule has 0 aromatic heterocycles. The lowest BCUT2D eigenvalue weighted by Gasteiger charge is -2.32. The third kappa shape index (κ3) is 7.84. The van der Waals surface area contributed by atoms with E-state index in [-0.39, 0.29) is 24.3 Å². The van der Waals surface area contributed by atoms with Gasteiger partial charge in [-0.25, -0.2) is 0 Å². The van der Waals surface area contributed by atoms with Gasteiger partial charge in [-0.15, -0.1) is 0 Å². The summed E-state index contributed by atoms with van der Waals surface area (Å²) >= 11 is 12.4. The molecule has 3 aromatic rings. The molecule has 0 unspecified atom stereocenters. The molecular weight excluding hydrogens is 479 g/mol. The third-order valence-electron chi connectivity index (χ3n) is 6.06. The molecule has 2 amide bonds. The van der Waals surface area contributed by atoms with Crippen molar-refractivity contribution in [2.45, 2.75) is 58.7 Å². The molecule has 4 nitrogen and oxygen atoms in total. The Balaban J connectivity index is 1.99. The highest BCUT2D eigenvalue weighted by molar-refractivity contribution is 6.35. The van der Waals surface area contributed by atoms with Crippen LogP contribution >= 0.6 is 23.2 Å². The van der Waals surface area contributed by atoms with Gasteiger partial charge in [-0.1, -0.05) is 96.4 Å². The molecule has 184 valence electrons. The molecule has 0 fully saturated rings. The zero-order valence-electron chi connectivity index (χ0n) is 20.4. The van der Waals surface area contributed by atoms with Gasteiger partial charge in [0, 0.05) is 29.1 Å². The van der Waals surface area contributed by atoms with Crippen LogP contribution in [-0.2, 0) is 29.0 Å². The van der Waals surface area contributed by atoms with Crippen molar-refractivity contribution < 1.29 is 9.59 Å². The SMILES string of the molecule is CC[C@@H](C)NC(=O)[C@H](Cc1ccccc1)N(Cc1cccc(C)c1)C(=O)Cc1ccc(Cl)cc1Cl. The highest BCUT2D eigenvalue weighted by Gasteiger charge is 2.31. The molecule has 3 aromatic carbocycles. The molecule has 0 spiro atoms. The molecule has 0 bridgehead atoms. The van der Waals surface area contributed by atoms with Crippen LogP contribution in [0.5, 0.6) is 0 Å². The van der Waals surface area contributed by atoms with Gasteiger partial charge < -0.3 is 10.2 Å². The smallest absolute Gasteiger partial charge is 0.243 e. The van der Waals surface area contributed by atoms with Gasteiger partial charge in [0.2, 0.25) is 11.8 Å². The van der Waals surface area contributed by atoms with Crippen LogP contribution in [0.2, 0.25) is 10.0 Å². The Morgan fingerprint density at radius 3 is 2.31 bits per heavy atom. The Morgan fingerprint density at radius 1 is 0.943 bits per heavy atom. The van der Waals surface area contributed by atoms with Crippen molar-refractivity contribution in [1.29, 1.82) is 0 Å². The van der Waals surface area contributed by atoms with Crippen LogP contribution in [-0.4, -0.2) is 28.8 Å². The molecule has 0 aliphatic carbocycles. The largest absolute Gasteiger partial charge is 0.352 e. The Bertz CT molecular complexity index is 1150. The van der Waals surface area contributed by atoms with Gasteiger partial charge in [-0.3, -0.25) is 9.59 Å². The van der Waals surface area contributed by atoms with Gasteiger partial charge in [0.25, 0.3) is 0 Å². The number of hydrogen-bond acceptors (Lipinski definition) is 2. The molecule has 0 heterocycles. The van der Waals surface area contributed by atoms with E-state index in [1.807, 2.05) is 75.4 Å². The lowest BCUT2D eigenvalue weighted by atomic mass is 10.0. The first kappa shape index (κ1) is 26.8. The van der Waals surface area contributed by atoms with Crippen molar-refractivity contribution >= 4 is 35.0 Å². The highest BCUT2D eigenvalue weighted by Crippen LogP contribution is 2.23. The van der Waals surface area contributed by atoms with Crippen LogP contribution < -0.4 is 5.32 Å². The second-order valence-electron chi connectivity index (χ2n) is 8.95. The second kappa shape index (κ2) is 12.8. The monoisotopic (exact) mass is 510 g/mol. The van der Waals surface area contributed by atoms with Crippen molar-refractivity contribution in [3.8, 4) is 0 Å². The van der Waals surface area contributed by atoms with Crippen LogP contribution in [0, 0.1) is 6.92 Å². The highest BCUT2D eigenvalue weighted by atomic mass is 35.5. The average molecular weight is 511 g/mol. The summed E-state index contributed by atoms with van der Waals surface area (Å²) in [5, 5.41) is 4.04. The number of hydrogen-bond donors (Lipinski definition) is 1. The zero-order chi connectivity index (χ0) is 25.4. The van der Waals surface area contributed by atoms with E-state index in [9.17, 15) is 9.59 Å². The summed E-state index contributed by atoms with van der Waals surface area (Å²) < 4.78 is 0.